The van der Waals surface area contributed by atoms with Crippen LogP contribution in [0.15, 0.2) is 36.5 Å². The van der Waals surface area contributed by atoms with Gasteiger partial charge in [-0.2, -0.15) is 0 Å². The molecule has 0 aliphatic carbocycles. The van der Waals surface area contributed by atoms with Crippen molar-refractivity contribution in [1.29, 1.82) is 0 Å². The Bertz CT molecular complexity index is 598. The van der Waals surface area contributed by atoms with Crippen LogP contribution in [0.25, 0.3) is 0 Å². The summed E-state index contributed by atoms with van der Waals surface area (Å²) in [4.78, 5) is 4.29. The minimum atomic E-state index is -0.0199. The van der Waals surface area contributed by atoms with Gasteiger partial charge < -0.3 is 15.8 Å². The smallest absolute Gasteiger partial charge is 0.128 e. The molecule has 0 saturated carbocycles. The summed E-state index contributed by atoms with van der Waals surface area (Å²) in [6.45, 7) is 5.06. The van der Waals surface area contributed by atoms with E-state index in [9.17, 15) is 0 Å². The van der Waals surface area contributed by atoms with Crippen LogP contribution >= 0.6 is 0 Å². The van der Waals surface area contributed by atoms with E-state index in [-0.39, 0.29) is 6.04 Å². The molecule has 2 aromatic rings. The highest BCUT2D eigenvalue weighted by Gasteiger charge is 2.20. The molecule has 1 aromatic carbocycles. The van der Waals surface area contributed by atoms with Crippen molar-refractivity contribution < 1.29 is 4.74 Å². The number of methoxy groups -OCH3 is 1. The first kappa shape index (κ1) is 15.3. The summed E-state index contributed by atoms with van der Waals surface area (Å²) in [5.41, 5.74) is 9.26. The van der Waals surface area contributed by atoms with Gasteiger partial charge in [-0.15, -0.1) is 0 Å². The Kier molecular flexibility index (Phi) is 5.17. The lowest BCUT2D eigenvalue weighted by atomic mass is 9.97. The molecule has 4 nitrogen and oxygen atoms in total. The topological polar surface area (TPSA) is 60.2 Å². The maximum absolute atomic E-state index is 6.10. The van der Waals surface area contributed by atoms with Gasteiger partial charge in [0, 0.05) is 17.3 Å². The number of aromatic nitrogens is 1. The van der Waals surface area contributed by atoms with Gasteiger partial charge in [0.15, 0.2) is 0 Å². The van der Waals surface area contributed by atoms with Gasteiger partial charge in [-0.25, -0.2) is 4.98 Å². The van der Waals surface area contributed by atoms with Gasteiger partial charge in [-0.05, 0) is 37.6 Å². The van der Waals surface area contributed by atoms with Crippen LogP contribution in [-0.2, 0) is 0 Å². The van der Waals surface area contributed by atoms with Crippen LogP contribution in [0.2, 0.25) is 0 Å². The largest absolute Gasteiger partial charge is 0.496 e. The van der Waals surface area contributed by atoms with E-state index in [1.165, 1.54) is 0 Å². The Morgan fingerprint density at radius 2 is 2.05 bits per heavy atom. The van der Waals surface area contributed by atoms with Crippen molar-refractivity contribution in [2.24, 2.45) is 0 Å². The summed E-state index contributed by atoms with van der Waals surface area (Å²) in [5, 5.41) is 3.54. The molecule has 21 heavy (non-hydrogen) atoms. The van der Waals surface area contributed by atoms with Crippen LogP contribution in [0.3, 0.4) is 0 Å². The number of nitrogen functional groups attached to an aromatic ring is 1. The quantitative estimate of drug-likeness (QED) is 0.856. The summed E-state index contributed by atoms with van der Waals surface area (Å²) in [6, 6.07) is 10.1. The molecule has 3 N–H and O–H groups in total. The first-order valence-electron chi connectivity index (χ1n) is 7.25. The number of aryl methyl sites for hydroxylation is 1. The zero-order valence-corrected chi connectivity index (χ0v) is 12.9. The Labute approximate surface area is 126 Å². The lowest BCUT2D eigenvalue weighted by molar-refractivity contribution is 0.404. The van der Waals surface area contributed by atoms with Crippen LogP contribution in [0, 0.1) is 6.92 Å². The number of pyridine rings is 1. The van der Waals surface area contributed by atoms with Crippen molar-refractivity contribution in [2.45, 2.75) is 26.3 Å². The summed E-state index contributed by atoms with van der Waals surface area (Å²) in [5.74, 6) is 1.41. The zero-order valence-electron chi connectivity index (χ0n) is 12.9. The van der Waals surface area contributed by atoms with E-state index in [1.54, 1.807) is 13.3 Å². The second kappa shape index (κ2) is 7.09. The second-order valence-corrected chi connectivity index (χ2v) is 5.12. The van der Waals surface area contributed by atoms with Crippen LogP contribution in [0.4, 0.5) is 5.82 Å². The number of hydrogen-bond acceptors (Lipinski definition) is 4. The Morgan fingerprint density at radius 3 is 2.76 bits per heavy atom. The Balaban J connectivity index is 2.49. The summed E-state index contributed by atoms with van der Waals surface area (Å²) in [7, 11) is 1.69. The predicted octanol–water partition coefficient (Wildman–Crippen LogP) is 3.07. The second-order valence-electron chi connectivity index (χ2n) is 5.12. The number of nitrogens with two attached hydrogens (primary N) is 1. The molecule has 1 aromatic heterocycles. The third-order valence-corrected chi connectivity index (χ3v) is 3.45. The molecule has 4 heteroatoms. The molecule has 0 radical (unpaired) electrons. The van der Waals surface area contributed by atoms with E-state index < -0.39 is 0 Å². The molecule has 0 spiro atoms. The van der Waals surface area contributed by atoms with Gasteiger partial charge in [-0.3, -0.25) is 0 Å². The minimum Gasteiger partial charge on any atom is -0.496 e. The predicted molar refractivity (Wildman–Crippen MR) is 86.5 cm³/mol. The highest BCUT2D eigenvalue weighted by Crippen LogP contribution is 2.32. The standard InChI is InChI=1S/C17H23N3O/c1-4-9-19-16(13-7-5-6-8-15(13)21-3)14-10-12(2)11-20-17(14)18/h5-8,10-11,16,19H,4,9H2,1-3H3,(H2,18,20). The normalized spacial score (nSPS) is 12.1. The molecule has 1 heterocycles. The molecule has 0 aliphatic heterocycles. The van der Waals surface area contributed by atoms with Gasteiger partial charge in [0.2, 0.25) is 0 Å². The number of nitrogens with one attached hydrogen (secondary N) is 1. The first-order valence-corrected chi connectivity index (χ1v) is 7.25. The van der Waals surface area contributed by atoms with Gasteiger partial charge in [0.25, 0.3) is 0 Å². The Hall–Kier alpha value is -2.07. The fourth-order valence-corrected chi connectivity index (χ4v) is 2.41. The molecular weight excluding hydrogens is 262 g/mol. The van der Waals surface area contributed by atoms with Crippen molar-refractivity contribution >= 4 is 5.82 Å². The SMILES string of the molecule is CCCNC(c1ccccc1OC)c1cc(C)cnc1N. The number of hydrogen-bond donors (Lipinski definition) is 2. The van der Waals surface area contributed by atoms with E-state index in [0.717, 1.165) is 35.4 Å². The van der Waals surface area contributed by atoms with E-state index in [1.807, 2.05) is 25.1 Å². The number of anilines is 1. The average molecular weight is 285 g/mol. The zero-order chi connectivity index (χ0) is 15.2. The molecule has 0 fully saturated rings. The van der Waals surface area contributed by atoms with E-state index >= 15 is 0 Å². The summed E-state index contributed by atoms with van der Waals surface area (Å²) >= 11 is 0. The number of benzene rings is 1. The monoisotopic (exact) mass is 285 g/mol. The molecule has 0 saturated heterocycles. The van der Waals surface area contributed by atoms with Gasteiger partial charge in [-0.1, -0.05) is 25.1 Å². The molecule has 0 amide bonds. The highest BCUT2D eigenvalue weighted by atomic mass is 16.5. The fraction of sp³-hybridized carbons (Fsp3) is 0.353. The molecule has 1 atom stereocenters. The first-order chi connectivity index (χ1) is 10.2. The van der Waals surface area contributed by atoms with Crippen molar-refractivity contribution in [1.82, 2.24) is 10.3 Å². The van der Waals surface area contributed by atoms with Crippen molar-refractivity contribution in [3.8, 4) is 5.75 Å². The maximum atomic E-state index is 6.10. The van der Waals surface area contributed by atoms with Gasteiger partial charge >= 0.3 is 0 Å². The minimum absolute atomic E-state index is 0.0199. The number of rotatable bonds is 6. The van der Waals surface area contributed by atoms with E-state index in [2.05, 4.69) is 29.4 Å². The van der Waals surface area contributed by atoms with Crippen LogP contribution in [-0.4, -0.2) is 18.6 Å². The highest BCUT2D eigenvalue weighted by molar-refractivity contribution is 5.50. The fourth-order valence-electron chi connectivity index (χ4n) is 2.41. The molecule has 1 unspecified atom stereocenters. The number of ether oxygens (including phenoxy) is 1. The lowest BCUT2D eigenvalue weighted by Crippen LogP contribution is -2.25. The lowest BCUT2D eigenvalue weighted by Gasteiger charge is -2.23. The molecule has 2 rings (SSSR count). The third-order valence-electron chi connectivity index (χ3n) is 3.45. The molecule has 0 bridgehead atoms. The molecular formula is C17H23N3O. The maximum Gasteiger partial charge on any atom is 0.128 e. The van der Waals surface area contributed by atoms with Crippen LogP contribution < -0.4 is 15.8 Å². The summed E-state index contributed by atoms with van der Waals surface area (Å²) < 4.78 is 5.50. The van der Waals surface area contributed by atoms with E-state index in [4.69, 9.17) is 10.5 Å². The Morgan fingerprint density at radius 1 is 1.29 bits per heavy atom. The third kappa shape index (κ3) is 3.52. The van der Waals surface area contributed by atoms with Crippen LogP contribution in [0.1, 0.15) is 36.1 Å². The summed E-state index contributed by atoms with van der Waals surface area (Å²) in [6.07, 6.45) is 2.84. The molecule has 0 aliphatic rings. The van der Waals surface area contributed by atoms with Crippen molar-refractivity contribution in [2.75, 3.05) is 19.4 Å². The molecule has 112 valence electrons. The number of nitrogens with zero attached hydrogens (tertiary/aromatic N) is 1. The van der Waals surface area contributed by atoms with Gasteiger partial charge in [0.1, 0.15) is 11.6 Å². The average Bonchev–Trinajstić information content (AvgIpc) is 2.51. The van der Waals surface area contributed by atoms with Crippen LogP contribution in [0.5, 0.6) is 5.75 Å². The number of para-hydroxylation sites is 1. The van der Waals surface area contributed by atoms with Crippen molar-refractivity contribution in [3.63, 3.8) is 0 Å². The van der Waals surface area contributed by atoms with E-state index in [0.29, 0.717) is 5.82 Å². The van der Waals surface area contributed by atoms with Gasteiger partial charge in [0.05, 0.1) is 13.2 Å². The van der Waals surface area contributed by atoms with Crippen molar-refractivity contribution in [3.05, 3.63) is 53.2 Å².